The van der Waals surface area contributed by atoms with Crippen LogP contribution in [0.4, 0.5) is 13.2 Å². The van der Waals surface area contributed by atoms with Crippen molar-refractivity contribution in [3.05, 3.63) is 47.8 Å². The first kappa shape index (κ1) is 13.6. The van der Waals surface area contributed by atoms with Gasteiger partial charge in [-0.2, -0.15) is 0 Å². The maximum absolute atomic E-state index is 13.8. The van der Waals surface area contributed by atoms with Gasteiger partial charge in [0.05, 0.1) is 29.4 Å². The number of benzene rings is 1. The third-order valence-corrected chi connectivity index (χ3v) is 3.18. The predicted molar refractivity (Wildman–Crippen MR) is 65.5 cm³/mol. The molecular formula is C13H14F3N3. The number of aromatic nitrogens is 2. The van der Waals surface area contributed by atoms with Gasteiger partial charge in [-0.15, -0.1) is 0 Å². The fourth-order valence-electron chi connectivity index (χ4n) is 1.78. The van der Waals surface area contributed by atoms with Gasteiger partial charge >= 0.3 is 0 Å². The van der Waals surface area contributed by atoms with Gasteiger partial charge in [0.2, 0.25) is 0 Å². The van der Waals surface area contributed by atoms with Crippen LogP contribution >= 0.6 is 0 Å². The van der Waals surface area contributed by atoms with Crippen LogP contribution < -0.4 is 5.32 Å². The summed E-state index contributed by atoms with van der Waals surface area (Å²) in [4.78, 5) is 3.95. The molecule has 1 aromatic heterocycles. The van der Waals surface area contributed by atoms with Gasteiger partial charge in [0, 0.05) is 0 Å². The average molecular weight is 269 g/mol. The Kier molecular flexibility index (Phi) is 3.36. The van der Waals surface area contributed by atoms with Crippen LogP contribution in [-0.2, 0) is 5.54 Å². The number of nitrogens with zero attached hydrogens (tertiary/aromatic N) is 2. The first-order valence-corrected chi connectivity index (χ1v) is 5.74. The van der Waals surface area contributed by atoms with Crippen LogP contribution in [0.1, 0.15) is 19.5 Å². The van der Waals surface area contributed by atoms with E-state index in [2.05, 4.69) is 10.3 Å². The highest BCUT2D eigenvalue weighted by atomic mass is 19.2. The summed E-state index contributed by atoms with van der Waals surface area (Å²) in [5.74, 6) is -3.93. The molecular weight excluding hydrogens is 255 g/mol. The summed E-state index contributed by atoms with van der Waals surface area (Å²) in [5.41, 5.74) is 0.0722. The number of imidazole rings is 1. The molecule has 1 aromatic carbocycles. The van der Waals surface area contributed by atoms with Crippen molar-refractivity contribution in [1.29, 1.82) is 0 Å². The van der Waals surface area contributed by atoms with Crippen molar-refractivity contribution in [3.63, 3.8) is 0 Å². The van der Waals surface area contributed by atoms with Crippen molar-refractivity contribution in [2.45, 2.75) is 19.4 Å². The molecule has 1 N–H and O–H groups in total. The Bertz CT molecular complexity index is 605. The quantitative estimate of drug-likeness (QED) is 0.868. The predicted octanol–water partition coefficient (Wildman–Crippen LogP) is 2.74. The Morgan fingerprint density at radius 3 is 2.47 bits per heavy atom. The van der Waals surface area contributed by atoms with Gasteiger partial charge in [-0.05, 0) is 33.0 Å². The summed E-state index contributed by atoms with van der Waals surface area (Å²) >= 11 is 0. The van der Waals surface area contributed by atoms with E-state index in [-0.39, 0.29) is 5.69 Å². The van der Waals surface area contributed by atoms with Gasteiger partial charge < -0.3 is 5.32 Å². The highest BCUT2D eigenvalue weighted by molar-refractivity contribution is 5.37. The number of hydrogen-bond acceptors (Lipinski definition) is 2. The van der Waals surface area contributed by atoms with Crippen LogP contribution in [-0.4, -0.2) is 16.6 Å². The van der Waals surface area contributed by atoms with E-state index in [1.807, 2.05) is 13.8 Å². The highest BCUT2D eigenvalue weighted by Crippen LogP contribution is 2.25. The molecule has 0 aliphatic rings. The molecule has 2 rings (SSSR count). The zero-order chi connectivity index (χ0) is 14.2. The van der Waals surface area contributed by atoms with Gasteiger partial charge in [0.15, 0.2) is 17.5 Å². The Morgan fingerprint density at radius 1 is 1.16 bits per heavy atom. The van der Waals surface area contributed by atoms with Crippen molar-refractivity contribution in [2.75, 3.05) is 7.05 Å². The minimum atomic E-state index is -1.49. The average Bonchev–Trinajstić information content (AvgIpc) is 2.86. The first-order valence-electron chi connectivity index (χ1n) is 5.74. The molecule has 102 valence electrons. The minimum Gasteiger partial charge on any atom is -0.310 e. The maximum atomic E-state index is 13.8. The Hall–Kier alpha value is -1.82. The second kappa shape index (κ2) is 4.70. The van der Waals surface area contributed by atoms with Crippen LogP contribution in [0.5, 0.6) is 0 Å². The van der Waals surface area contributed by atoms with E-state index in [0.29, 0.717) is 5.69 Å². The van der Waals surface area contributed by atoms with E-state index in [4.69, 9.17) is 0 Å². The summed E-state index contributed by atoms with van der Waals surface area (Å²) in [6.45, 7) is 3.75. The Balaban J connectivity index is 2.62. The van der Waals surface area contributed by atoms with E-state index < -0.39 is 23.0 Å². The number of rotatable bonds is 3. The van der Waals surface area contributed by atoms with Crippen LogP contribution in [0, 0.1) is 17.5 Å². The van der Waals surface area contributed by atoms with Crippen molar-refractivity contribution in [1.82, 2.24) is 14.9 Å². The summed E-state index contributed by atoms with van der Waals surface area (Å²) in [6.07, 6.45) is 2.92. The van der Waals surface area contributed by atoms with Gasteiger partial charge in [-0.1, -0.05) is 0 Å². The van der Waals surface area contributed by atoms with Crippen LogP contribution in [0.15, 0.2) is 24.7 Å². The molecule has 2 aromatic rings. The molecule has 3 nitrogen and oxygen atoms in total. The molecule has 0 spiro atoms. The van der Waals surface area contributed by atoms with Gasteiger partial charge in [0.25, 0.3) is 0 Å². The van der Waals surface area contributed by atoms with Crippen molar-refractivity contribution >= 4 is 0 Å². The maximum Gasteiger partial charge on any atom is 0.196 e. The first-order chi connectivity index (χ1) is 8.88. The molecule has 0 unspecified atom stereocenters. The number of hydrogen-bond donors (Lipinski definition) is 1. The molecule has 0 amide bonds. The zero-order valence-corrected chi connectivity index (χ0v) is 10.8. The summed E-state index contributed by atoms with van der Waals surface area (Å²) < 4.78 is 41.5. The molecule has 19 heavy (non-hydrogen) atoms. The molecule has 0 aliphatic carbocycles. The van der Waals surface area contributed by atoms with Gasteiger partial charge in [0.1, 0.15) is 0 Å². The molecule has 0 saturated carbocycles. The van der Waals surface area contributed by atoms with Gasteiger partial charge in [-0.3, -0.25) is 4.57 Å². The SMILES string of the molecule is CNC(C)(C)c1cncn1-c1ccc(F)c(F)c1F. The van der Waals surface area contributed by atoms with Crippen molar-refractivity contribution in [2.24, 2.45) is 0 Å². The molecule has 0 radical (unpaired) electrons. The van der Waals surface area contributed by atoms with E-state index in [1.165, 1.54) is 17.0 Å². The van der Waals surface area contributed by atoms with Crippen LogP contribution in [0.2, 0.25) is 0 Å². The fraction of sp³-hybridized carbons (Fsp3) is 0.308. The summed E-state index contributed by atoms with van der Waals surface area (Å²) in [6, 6.07) is 2.08. The third kappa shape index (κ3) is 2.23. The lowest BCUT2D eigenvalue weighted by molar-refractivity contribution is 0.417. The molecule has 0 fully saturated rings. The van der Waals surface area contributed by atoms with Gasteiger partial charge in [-0.25, -0.2) is 18.2 Å². The highest BCUT2D eigenvalue weighted by Gasteiger charge is 2.25. The third-order valence-electron chi connectivity index (χ3n) is 3.18. The van der Waals surface area contributed by atoms with Crippen LogP contribution in [0.25, 0.3) is 5.69 Å². The van der Waals surface area contributed by atoms with E-state index in [0.717, 1.165) is 6.07 Å². The lowest BCUT2D eigenvalue weighted by Crippen LogP contribution is -2.35. The van der Waals surface area contributed by atoms with E-state index in [1.54, 1.807) is 13.2 Å². The monoisotopic (exact) mass is 269 g/mol. The Labute approximate surface area is 109 Å². The smallest absolute Gasteiger partial charge is 0.196 e. The molecule has 0 bridgehead atoms. The largest absolute Gasteiger partial charge is 0.310 e. The summed E-state index contributed by atoms with van der Waals surface area (Å²) in [7, 11) is 1.75. The van der Waals surface area contributed by atoms with Crippen LogP contribution in [0.3, 0.4) is 0 Å². The van der Waals surface area contributed by atoms with Crippen molar-refractivity contribution < 1.29 is 13.2 Å². The lowest BCUT2D eigenvalue weighted by atomic mass is 10.0. The zero-order valence-electron chi connectivity index (χ0n) is 10.8. The van der Waals surface area contributed by atoms with Crippen molar-refractivity contribution in [3.8, 4) is 5.69 Å². The second-order valence-electron chi connectivity index (χ2n) is 4.72. The number of halogens is 3. The molecule has 0 atom stereocenters. The topological polar surface area (TPSA) is 29.9 Å². The fourth-order valence-corrected chi connectivity index (χ4v) is 1.78. The number of nitrogens with one attached hydrogen (secondary N) is 1. The standard InChI is InChI=1S/C13H14F3N3/c1-13(2,17-3)10-6-18-7-19(10)9-5-4-8(14)11(15)12(9)16/h4-7,17H,1-3H3. The van der Waals surface area contributed by atoms with E-state index >= 15 is 0 Å². The molecule has 6 heteroatoms. The lowest BCUT2D eigenvalue weighted by Gasteiger charge is -2.25. The second-order valence-corrected chi connectivity index (χ2v) is 4.72. The molecule has 0 saturated heterocycles. The minimum absolute atomic E-state index is 0.0743. The molecule has 1 heterocycles. The molecule has 0 aliphatic heterocycles. The normalized spacial score (nSPS) is 11.9. The summed E-state index contributed by atoms with van der Waals surface area (Å²) in [5, 5.41) is 3.05. The Morgan fingerprint density at radius 2 is 1.84 bits per heavy atom. The van der Waals surface area contributed by atoms with E-state index in [9.17, 15) is 13.2 Å².